The molecule has 0 aromatic carbocycles. The molecule has 0 spiro atoms. The van der Waals surface area contributed by atoms with Crippen LogP contribution in [0, 0.1) is 39.4 Å². The number of carbonyl (C=O) groups is 2. The molecule has 4 rings (SSSR count). The number of hydrogen-bond acceptors (Lipinski definition) is 5. The molecule has 0 saturated heterocycles. The number of fused-ring (bicyclic) bond motifs is 4. The summed E-state index contributed by atoms with van der Waals surface area (Å²) >= 11 is 0. The van der Waals surface area contributed by atoms with Crippen molar-refractivity contribution in [2.75, 3.05) is 14.2 Å². The van der Waals surface area contributed by atoms with Crippen molar-refractivity contribution in [2.45, 2.75) is 118 Å². The molecule has 39 heavy (non-hydrogen) atoms. The summed E-state index contributed by atoms with van der Waals surface area (Å²) in [6, 6.07) is 0. The largest absolute Gasteiger partial charge is 0.481 e. The van der Waals surface area contributed by atoms with Crippen molar-refractivity contribution in [2.24, 2.45) is 39.4 Å². The van der Waals surface area contributed by atoms with Crippen molar-refractivity contribution in [1.29, 1.82) is 0 Å². The average Bonchev–Trinajstić information content (AvgIpc) is 3.05. The Morgan fingerprint density at radius 1 is 1.03 bits per heavy atom. The highest BCUT2D eigenvalue weighted by Gasteiger charge is 2.67. The van der Waals surface area contributed by atoms with Crippen molar-refractivity contribution in [3.05, 3.63) is 23.3 Å². The van der Waals surface area contributed by atoms with E-state index in [1.807, 2.05) is 0 Å². The summed E-state index contributed by atoms with van der Waals surface area (Å²) in [7, 11) is 3.12. The van der Waals surface area contributed by atoms with Crippen molar-refractivity contribution in [1.82, 2.24) is 0 Å². The number of ether oxygens (including phenoxy) is 3. The highest BCUT2D eigenvalue weighted by atomic mass is 16.7. The molecule has 7 atom stereocenters. The van der Waals surface area contributed by atoms with Gasteiger partial charge in [0.15, 0.2) is 6.29 Å². The molecule has 0 radical (unpaired) electrons. The molecule has 2 saturated carbocycles. The second-order valence-corrected chi connectivity index (χ2v) is 14.4. The lowest BCUT2D eigenvalue weighted by atomic mass is 9.43. The summed E-state index contributed by atoms with van der Waals surface area (Å²) < 4.78 is 16.7. The van der Waals surface area contributed by atoms with E-state index in [0.717, 1.165) is 24.8 Å². The maximum Gasteiger partial charge on any atom is 0.306 e. The van der Waals surface area contributed by atoms with Gasteiger partial charge in [-0.1, -0.05) is 58.8 Å². The van der Waals surface area contributed by atoms with Crippen molar-refractivity contribution >= 4 is 11.9 Å². The first kappa shape index (κ1) is 30.3. The number of hydrogen-bond donors (Lipinski definition) is 1. The Morgan fingerprint density at radius 3 is 2.28 bits per heavy atom. The highest BCUT2D eigenvalue weighted by molar-refractivity contribution is 5.71. The van der Waals surface area contributed by atoms with Gasteiger partial charge in [-0.15, -0.1) is 0 Å². The fourth-order valence-electron chi connectivity index (χ4n) is 10.2. The summed E-state index contributed by atoms with van der Waals surface area (Å²) in [6.45, 7) is 17.6. The van der Waals surface area contributed by atoms with E-state index >= 15 is 0 Å². The molecule has 0 bridgehead atoms. The van der Waals surface area contributed by atoms with E-state index in [2.05, 4.69) is 41.2 Å². The zero-order chi connectivity index (χ0) is 29.0. The van der Waals surface area contributed by atoms with Gasteiger partial charge >= 0.3 is 11.9 Å². The van der Waals surface area contributed by atoms with Crippen molar-refractivity contribution in [3.63, 3.8) is 0 Å². The molecule has 220 valence electrons. The first-order valence-electron chi connectivity index (χ1n) is 15.0. The number of aliphatic carboxylic acids is 1. The van der Waals surface area contributed by atoms with Crippen molar-refractivity contribution in [3.8, 4) is 0 Å². The average molecular weight is 545 g/mol. The fourth-order valence-corrected chi connectivity index (χ4v) is 10.2. The highest BCUT2D eigenvalue weighted by Crippen LogP contribution is 2.72. The van der Waals surface area contributed by atoms with Gasteiger partial charge in [-0.25, -0.2) is 0 Å². The van der Waals surface area contributed by atoms with Crippen LogP contribution in [0.5, 0.6) is 0 Å². The standard InChI is InChI=1S/C33H52O6/c1-20(29(37-8)38-9)11-12-22(28(35)36)27-25(39-21(2)34)19-33(7)24-13-14-26-30(3,4)16-10-17-31(26,5)23(24)15-18-32(27,33)6/h22,25-27,29H,1,10-19H2,2-9H3,(H,35,36)/t22-,25-,26+,27+,31-,32-,33+/m1/s1. The van der Waals surface area contributed by atoms with Crippen LogP contribution in [0.15, 0.2) is 23.3 Å². The molecule has 4 aliphatic rings. The Balaban J connectivity index is 1.74. The van der Waals surface area contributed by atoms with Gasteiger partial charge in [0.2, 0.25) is 0 Å². The van der Waals surface area contributed by atoms with E-state index in [0.29, 0.717) is 30.6 Å². The summed E-state index contributed by atoms with van der Waals surface area (Å²) in [5.74, 6) is -1.41. The number of methoxy groups -OCH3 is 2. The monoisotopic (exact) mass is 544 g/mol. The van der Waals surface area contributed by atoms with Gasteiger partial charge in [-0.05, 0) is 90.9 Å². The lowest BCUT2D eigenvalue weighted by Gasteiger charge is -2.61. The third-order valence-electron chi connectivity index (χ3n) is 12.1. The molecule has 6 heteroatoms. The number of carbonyl (C=O) groups excluding carboxylic acids is 1. The third-order valence-corrected chi connectivity index (χ3v) is 12.1. The van der Waals surface area contributed by atoms with E-state index in [4.69, 9.17) is 14.2 Å². The number of carboxylic acids is 1. The maximum absolute atomic E-state index is 12.9. The molecule has 0 amide bonds. The molecule has 0 heterocycles. The van der Waals surface area contributed by atoms with Crippen LogP contribution in [0.1, 0.15) is 106 Å². The van der Waals surface area contributed by atoms with Gasteiger partial charge in [-0.3, -0.25) is 9.59 Å². The topological polar surface area (TPSA) is 82.1 Å². The van der Waals surface area contributed by atoms with Gasteiger partial charge < -0.3 is 19.3 Å². The molecule has 4 aliphatic carbocycles. The lowest BCUT2D eigenvalue weighted by Crippen LogP contribution is -2.52. The van der Waals surface area contributed by atoms with E-state index < -0.39 is 24.3 Å². The second kappa shape index (κ2) is 10.6. The number of esters is 1. The molecule has 0 aromatic heterocycles. The van der Waals surface area contributed by atoms with Crippen LogP contribution in [0.3, 0.4) is 0 Å². The zero-order valence-corrected chi connectivity index (χ0v) is 25.7. The van der Waals surface area contributed by atoms with Crippen LogP contribution in [0.2, 0.25) is 0 Å². The molecule has 0 unspecified atom stereocenters. The zero-order valence-electron chi connectivity index (χ0n) is 25.7. The van der Waals surface area contributed by atoms with Gasteiger partial charge in [0, 0.05) is 27.1 Å². The Labute approximate surface area is 235 Å². The van der Waals surface area contributed by atoms with E-state index in [-0.39, 0.29) is 28.1 Å². The molecule has 2 fully saturated rings. The van der Waals surface area contributed by atoms with Gasteiger partial charge in [0.05, 0.1) is 5.92 Å². The Hall–Kier alpha value is -1.66. The van der Waals surface area contributed by atoms with E-state index in [1.165, 1.54) is 32.6 Å². The predicted molar refractivity (Wildman–Crippen MR) is 152 cm³/mol. The quantitative estimate of drug-likeness (QED) is 0.186. The SMILES string of the molecule is C=C(CC[C@@H](C(=O)O)[C@H]1[C@H](OC(C)=O)C[C@@]2(C)C3=C(CC[C@]12C)[C@@]1(C)CCCC(C)(C)[C@@H]1CC3)C(OC)OC. The number of rotatable bonds is 9. The van der Waals surface area contributed by atoms with Crippen molar-refractivity contribution < 1.29 is 28.9 Å². The third kappa shape index (κ3) is 4.81. The first-order chi connectivity index (χ1) is 18.2. The van der Waals surface area contributed by atoms with E-state index in [9.17, 15) is 14.7 Å². The first-order valence-corrected chi connectivity index (χ1v) is 15.0. The Bertz CT molecular complexity index is 1020. The molecule has 0 aliphatic heterocycles. The van der Waals surface area contributed by atoms with Crippen LogP contribution >= 0.6 is 0 Å². The maximum atomic E-state index is 12.9. The molecule has 6 nitrogen and oxygen atoms in total. The van der Waals surface area contributed by atoms with E-state index in [1.54, 1.807) is 25.4 Å². The molecule has 1 N–H and O–H groups in total. The minimum Gasteiger partial charge on any atom is -0.481 e. The smallest absolute Gasteiger partial charge is 0.306 e. The van der Waals surface area contributed by atoms with Crippen LogP contribution in [0.25, 0.3) is 0 Å². The van der Waals surface area contributed by atoms with Gasteiger partial charge in [0.25, 0.3) is 0 Å². The normalized spacial score (nSPS) is 38.0. The van der Waals surface area contributed by atoms with Crippen LogP contribution in [-0.4, -0.2) is 43.7 Å². The minimum absolute atomic E-state index is 0.201. The Morgan fingerprint density at radius 2 is 1.69 bits per heavy atom. The number of allylic oxidation sites excluding steroid dienone is 2. The summed E-state index contributed by atoms with van der Waals surface area (Å²) in [5, 5.41) is 10.6. The molecule has 0 aromatic rings. The van der Waals surface area contributed by atoms with Crippen LogP contribution < -0.4 is 0 Å². The summed E-state index contributed by atoms with van der Waals surface area (Å²) in [5.41, 5.74) is 3.98. The number of carboxylic acid groups (broad SMARTS) is 1. The summed E-state index contributed by atoms with van der Waals surface area (Å²) in [4.78, 5) is 25.3. The minimum atomic E-state index is -0.828. The van der Waals surface area contributed by atoms with Crippen LogP contribution in [0.4, 0.5) is 0 Å². The van der Waals surface area contributed by atoms with Gasteiger partial charge in [0.1, 0.15) is 6.10 Å². The predicted octanol–water partition coefficient (Wildman–Crippen LogP) is 7.32. The Kier molecular flexibility index (Phi) is 8.26. The lowest BCUT2D eigenvalue weighted by molar-refractivity contribution is -0.158. The summed E-state index contributed by atoms with van der Waals surface area (Å²) in [6.07, 6.45) is 8.59. The second-order valence-electron chi connectivity index (χ2n) is 14.4. The molecular formula is C33H52O6. The fraction of sp³-hybridized carbons (Fsp3) is 0.818. The van der Waals surface area contributed by atoms with Crippen LogP contribution in [-0.2, 0) is 23.8 Å². The van der Waals surface area contributed by atoms with Gasteiger partial charge in [-0.2, -0.15) is 0 Å². The molecular weight excluding hydrogens is 492 g/mol.